The van der Waals surface area contributed by atoms with Crippen molar-refractivity contribution in [1.29, 1.82) is 0 Å². The van der Waals surface area contributed by atoms with Gasteiger partial charge in [0.1, 0.15) is 16.1 Å². The lowest BCUT2D eigenvalue weighted by Crippen LogP contribution is -2.29. The minimum absolute atomic E-state index is 1.04. The fraction of sp³-hybridized carbons (Fsp3) is 0.316. The van der Waals surface area contributed by atoms with Crippen LogP contribution in [0.4, 0.5) is 0 Å². The van der Waals surface area contributed by atoms with Gasteiger partial charge < -0.3 is 9.97 Å². The fourth-order valence-electron chi connectivity index (χ4n) is 6.83. The molecular weight excluding hydrogens is 541 g/mol. The molecule has 0 bridgehead atoms. The number of hydrogen-bond donors (Lipinski definition) is 2. The molecule has 2 nitrogen and oxygen atoms in total. The molecule has 2 N–H and O–H groups in total. The van der Waals surface area contributed by atoms with Crippen molar-refractivity contribution < 1.29 is 0 Å². The molecule has 2 heterocycles. The van der Waals surface area contributed by atoms with Crippen LogP contribution in [0.15, 0.2) is 60.7 Å². The summed E-state index contributed by atoms with van der Waals surface area (Å²) in [7, 11) is -2.98. The highest BCUT2D eigenvalue weighted by Gasteiger charge is 2.25. The second-order valence-corrected chi connectivity index (χ2v) is 21.9. The van der Waals surface area contributed by atoms with Crippen molar-refractivity contribution in [3.8, 4) is 22.9 Å². The highest BCUT2D eigenvalue weighted by molar-refractivity contribution is 6.87. The van der Waals surface area contributed by atoms with Crippen LogP contribution >= 0.6 is 0 Å². The predicted molar refractivity (Wildman–Crippen MR) is 191 cm³/mol. The molecule has 0 unspecified atom stereocenters. The topological polar surface area (TPSA) is 31.6 Å². The van der Waals surface area contributed by atoms with Crippen LogP contribution < -0.4 is 0 Å². The molecular formula is C38H42N2Si2. The van der Waals surface area contributed by atoms with E-state index in [-0.39, 0.29) is 0 Å². The zero-order chi connectivity index (χ0) is 29.5. The number of H-pyrrole nitrogens is 2. The minimum Gasteiger partial charge on any atom is -0.348 e. The first kappa shape index (κ1) is 28.4. The molecule has 0 fully saturated rings. The Kier molecular flexibility index (Phi) is 7.56. The van der Waals surface area contributed by atoms with Crippen molar-refractivity contribution >= 4 is 70.3 Å². The molecule has 42 heavy (non-hydrogen) atoms. The van der Waals surface area contributed by atoms with Gasteiger partial charge in [0, 0.05) is 21.8 Å². The largest absolute Gasteiger partial charge is 0.348 e. The van der Waals surface area contributed by atoms with Gasteiger partial charge in [-0.05, 0) is 92.8 Å². The molecule has 0 atom stereocenters. The number of fused-ring (bicyclic) bond motifs is 9. The number of nitrogens with one attached hydrogen (secondary N) is 2. The van der Waals surface area contributed by atoms with Crippen molar-refractivity contribution in [2.24, 2.45) is 0 Å². The van der Waals surface area contributed by atoms with E-state index in [1.165, 1.54) is 79.4 Å². The molecule has 0 saturated heterocycles. The average Bonchev–Trinajstić information content (AvgIpc) is 3.66. The zero-order valence-electron chi connectivity index (χ0n) is 26.0. The Balaban J connectivity index is 1.46. The Labute approximate surface area is 252 Å². The SMILES string of the molecule is CC[Si](C#Cc1cc2c(ccc3c2ccc2c4ccc5[nH]c(C#C[Si](CC)(CC)CC)cc5c4ccc32)[nH]1)(CC)CC. The van der Waals surface area contributed by atoms with E-state index < -0.39 is 16.1 Å². The minimum atomic E-state index is -1.49. The standard InChI is InChI=1S/C38H42N2Si2/c1-7-41(8-2,9-3)23-21-27-25-35-33-15-13-30-29(31(33)17-19-37(35)39-27)14-16-34-32(30)18-20-38-36(34)26-28(40-38)22-24-42(10-4,11-5)12-6/h13-20,25-26,39-40H,7-12H2,1-6H3. The maximum Gasteiger partial charge on any atom is 0.138 e. The second-order valence-electron chi connectivity index (χ2n) is 12.0. The van der Waals surface area contributed by atoms with Crippen LogP contribution in [0.25, 0.3) is 54.1 Å². The maximum absolute atomic E-state index is 3.75. The number of rotatable bonds is 6. The zero-order valence-corrected chi connectivity index (χ0v) is 28.0. The first-order valence-electron chi connectivity index (χ1n) is 15.9. The summed E-state index contributed by atoms with van der Waals surface area (Å²) >= 11 is 0. The lowest BCUT2D eigenvalue weighted by Gasteiger charge is -2.19. The quantitative estimate of drug-likeness (QED) is 0.111. The molecule has 0 aliphatic carbocycles. The smallest absolute Gasteiger partial charge is 0.138 e. The van der Waals surface area contributed by atoms with Crippen molar-refractivity contribution in [1.82, 2.24) is 9.97 Å². The summed E-state index contributed by atoms with van der Waals surface area (Å²) in [5, 5.41) is 10.3. The summed E-state index contributed by atoms with van der Waals surface area (Å²) in [4.78, 5) is 7.20. The van der Waals surface area contributed by atoms with Crippen molar-refractivity contribution in [3.63, 3.8) is 0 Å². The lowest BCUT2D eigenvalue weighted by molar-refractivity contribution is 1.20. The Morgan fingerprint density at radius 3 is 1.02 bits per heavy atom. The second kappa shape index (κ2) is 11.2. The maximum atomic E-state index is 3.75. The third-order valence-electron chi connectivity index (χ3n) is 10.4. The highest BCUT2D eigenvalue weighted by Crippen LogP contribution is 2.37. The summed E-state index contributed by atoms with van der Waals surface area (Å²) < 4.78 is 0. The van der Waals surface area contributed by atoms with Gasteiger partial charge in [-0.15, -0.1) is 11.1 Å². The third kappa shape index (κ3) is 4.68. The summed E-state index contributed by atoms with van der Waals surface area (Å²) in [6.45, 7) is 13.9. The summed E-state index contributed by atoms with van der Waals surface area (Å²) in [5.74, 6) is 7.09. The van der Waals surface area contributed by atoms with Gasteiger partial charge in [0.05, 0.1) is 11.4 Å². The van der Waals surface area contributed by atoms with E-state index in [4.69, 9.17) is 0 Å². The molecule has 212 valence electrons. The van der Waals surface area contributed by atoms with Gasteiger partial charge >= 0.3 is 0 Å². The first-order chi connectivity index (χ1) is 20.4. The van der Waals surface area contributed by atoms with Crippen LogP contribution in [0.3, 0.4) is 0 Å². The average molecular weight is 583 g/mol. The fourth-order valence-corrected chi connectivity index (χ4v) is 11.7. The van der Waals surface area contributed by atoms with Crippen LogP contribution in [-0.2, 0) is 0 Å². The molecule has 4 heteroatoms. The number of aromatic nitrogens is 2. The van der Waals surface area contributed by atoms with E-state index in [1.54, 1.807) is 0 Å². The van der Waals surface area contributed by atoms with E-state index in [0.29, 0.717) is 0 Å². The molecule has 0 aliphatic heterocycles. The molecule has 0 saturated carbocycles. The van der Waals surface area contributed by atoms with E-state index >= 15 is 0 Å². The highest BCUT2D eigenvalue weighted by atomic mass is 28.3. The molecule has 4 aromatic carbocycles. The number of hydrogen-bond acceptors (Lipinski definition) is 0. The molecule has 6 aromatic rings. The molecule has 0 amide bonds. The van der Waals surface area contributed by atoms with Gasteiger partial charge in [-0.2, -0.15) is 0 Å². The molecule has 2 aromatic heterocycles. The van der Waals surface area contributed by atoms with Crippen LogP contribution in [-0.4, -0.2) is 26.1 Å². The van der Waals surface area contributed by atoms with Crippen molar-refractivity contribution in [2.75, 3.05) is 0 Å². The van der Waals surface area contributed by atoms with Crippen LogP contribution in [0.5, 0.6) is 0 Å². The monoisotopic (exact) mass is 582 g/mol. The summed E-state index contributed by atoms with van der Waals surface area (Å²) in [6, 6.07) is 30.1. The van der Waals surface area contributed by atoms with Gasteiger partial charge in [0.2, 0.25) is 0 Å². The number of aromatic amines is 2. The van der Waals surface area contributed by atoms with Gasteiger partial charge in [0.25, 0.3) is 0 Å². The van der Waals surface area contributed by atoms with Crippen LogP contribution in [0, 0.1) is 22.9 Å². The molecule has 0 radical (unpaired) electrons. The van der Waals surface area contributed by atoms with Crippen molar-refractivity contribution in [2.45, 2.75) is 77.8 Å². The van der Waals surface area contributed by atoms with Gasteiger partial charge in [-0.25, -0.2) is 0 Å². The molecule has 0 aliphatic rings. The van der Waals surface area contributed by atoms with E-state index in [1.807, 2.05) is 0 Å². The first-order valence-corrected chi connectivity index (χ1v) is 21.2. The van der Waals surface area contributed by atoms with Crippen LogP contribution in [0.1, 0.15) is 52.9 Å². The summed E-state index contributed by atoms with van der Waals surface area (Å²) in [6.07, 6.45) is 0. The third-order valence-corrected chi connectivity index (χ3v) is 19.8. The summed E-state index contributed by atoms with van der Waals surface area (Å²) in [5.41, 5.74) is 11.9. The van der Waals surface area contributed by atoms with E-state index in [0.717, 1.165) is 22.4 Å². The Bertz CT molecular complexity index is 1910. The molecule has 0 spiro atoms. The van der Waals surface area contributed by atoms with E-state index in [2.05, 4.69) is 135 Å². The van der Waals surface area contributed by atoms with E-state index in [9.17, 15) is 0 Å². The Morgan fingerprint density at radius 2 is 0.714 bits per heavy atom. The van der Waals surface area contributed by atoms with Crippen LogP contribution in [0.2, 0.25) is 36.3 Å². The molecule has 6 rings (SSSR count). The van der Waals surface area contributed by atoms with Crippen molar-refractivity contribution in [3.05, 3.63) is 72.1 Å². The lowest BCUT2D eigenvalue weighted by atomic mass is 9.94. The van der Waals surface area contributed by atoms with Gasteiger partial charge in [-0.1, -0.05) is 89.8 Å². The predicted octanol–water partition coefficient (Wildman–Crippen LogP) is 10.9. The van der Waals surface area contributed by atoms with Gasteiger partial charge in [0.15, 0.2) is 0 Å². The Hall–Kier alpha value is -3.71. The van der Waals surface area contributed by atoms with Gasteiger partial charge in [-0.3, -0.25) is 0 Å². The Morgan fingerprint density at radius 1 is 0.429 bits per heavy atom. The normalized spacial score (nSPS) is 12.2. The number of benzene rings is 4.